The maximum atomic E-state index is 12.0. The first-order valence-electron chi connectivity index (χ1n) is 2.95. The van der Waals surface area contributed by atoms with Gasteiger partial charge in [0.1, 0.15) is 0 Å². The van der Waals surface area contributed by atoms with Crippen molar-refractivity contribution in [2.24, 2.45) is 0 Å². The number of hydrogen-bond donors (Lipinski definition) is 0. The summed E-state index contributed by atoms with van der Waals surface area (Å²) in [7, 11) is 0. The Morgan fingerprint density at radius 2 is 2.00 bits per heavy atom. The van der Waals surface area contributed by atoms with Gasteiger partial charge in [-0.15, -0.1) is 6.58 Å². The van der Waals surface area contributed by atoms with Crippen LogP contribution < -0.4 is 0 Å². The molecule has 0 saturated heterocycles. The minimum absolute atomic E-state index is 0.105. The van der Waals surface area contributed by atoms with Gasteiger partial charge in [0.2, 0.25) is 0 Å². The fourth-order valence-electron chi connectivity index (χ4n) is 0.563. The lowest BCUT2D eigenvalue weighted by Gasteiger charge is -2.08. The van der Waals surface area contributed by atoms with Crippen molar-refractivity contribution in [3.8, 4) is 0 Å². The zero-order valence-corrected chi connectivity index (χ0v) is 7.95. The molecule has 0 unspecified atom stereocenters. The van der Waals surface area contributed by atoms with Gasteiger partial charge in [0.05, 0.1) is 0 Å². The Hall–Kier alpha value is -0.0000000000000000555. The lowest BCUT2D eigenvalue weighted by atomic mass is 10.2. The molecule has 0 saturated carbocycles. The summed E-state index contributed by atoms with van der Waals surface area (Å²) in [6, 6.07) is 0. The van der Waals surface area contributed by atoms with Crippen molar-refractivity contribution in [2.45, 2.75) is 12.6 Å². The van der Waals surface area contributed by atoms with Crippen LogP contribution in [0.4, 0.5) is 13.2 Å². The van der Waals surface area contributed by atoms with Gasteiger partial charge in [-0.05, 0) is 6.42 Å². The largest absolute Gasteiger partial charge is 0.412 e. The van der Waals surface area contributed by atoms with Crippen LogP contribution in [0, 0.1) is 0 Å². The van der Waals surface area contributed by atoms with Crippen LogP contribution in [0.5, 0.6) is 0 Å². The Labute approximate surface area is 77.3 Å². The summed E-state index contributed by atoms with van der Waals surface area (Å²) in [5, 5.41) is 0. The van der Waals surface area contributed by atoms with E-state index in [2.05, 4.69) is 6.58 Å². The van der Waals surface area contributed by atoms with E-state index in [1.807, 2.05) is 22.6 Å². The zero-order valence-electron chi connectivity index (χ0n) is 5.79. The predicted octanol–water partition coefficient (Wildman–Crippen LogP) is 3.49. The summed E-state index contributed by atoms with van der Waals surface area (Å²) in [4.78, 5) is 0. The second-order valence-electron chi connectivity index (χ2n) is 1.87. The maximum absolute atomic E-state index is 12.0. The van der Waals surface area contributed by atoms with E-state index in [4.69, 9.17) is 0 Å². The van der Waals surface area contributed by atoms with Gasteiger partial charge in [-0.25, -0.2) is 0 Å². The minimum Gasteiger partial charge on any atom is -0.166 e. The highest BCUT2D eigenvalue weighted by molar-refractivity contribution is 14.1. The standard InChI is InChI=1S/C7H8F3I/c1-2-3-6(4-5-11)7(8,9)10/h2,4H,1,3,5H2. The van der Waals surface area contributed by atoms with Crippen LogP contribution in [-0.2, 0) is 0 Å². The van der Waals surface area contributed by atoms with Crippen molar-refractivity contribution in [3.63, 3.8) is 0 Å². The first-order valence-corrected chi connectivity index (χ1v) is 4.48. The molecule has 0 aliphatic rings. The normalized spacial score (nSPS) is 13.3. The highest BCUT2D eigenvalue weighted by Crippen LogP contribution is 2.28. The van der Waals surface area contributed by atoms with E-state index in [1.54, 1.807) is 0 Å². The smallest absolute Gasteiger partial charge is 0.166 e. The summed E-state index contributed by atoms with van der Waals surface area (Å²) in [5.41, 5.74) is -0.512. The van der Waals surface area contributed by atoms with Crippen LogP contribution in [0.25, 0.3) is 0 Å². The zero-order chi connectivity index (χ0) is 8.91. The molecule has 0 fully saturated rings. The molecule has 0 aromatic heterocycles. The predicted molar refractivity (Wildman–Crippen MR) is 47.8 cm³/mol. The Morgan fingerprint density at radius 3 is 2.27 bits per heavy atom. The van der Waals surface area contributed by atoms with Gasteiger partial charge < -0.3 is 0 Å². The third kappa shape index (κ3) is 4.44. The van der Waals surface area contributed by atoms with E-state index in [9.17, 15) is 13.2 Å². The second-order valence-corrected chi connectivity index (χ2v) is 2.76. The molecular formula is C7H8F3I. The molecule has 0 amide bonds. The summed E-state index contributed by atoms with van der Waals surface area (Å²) in [6.07, 6.45) is -1.88. The summed E-state index contributed by atoms with van der Waals surface area (Å²) in [6.45, 7) is 3.25. The van der Waals surface area contributed by atoms with Crippen molar-refractivity contribution in [1.82, 2.24) is 0 Å². The van der Waals surface area contributed by atoms with Crippen molar-refractivity contribution >= 4 is 22.6 Å². The van der Waals surface area contributed by atoms with Crippen molar-refractivity contribution < 1.29 is 13.2 Å². The SMILES string of the molecule is C=CCC(=CCI)C(F)(F)F. The monoisotopic (exact) mass is 276 g/mol. The van der Waals surface area contributed by atoms with Crippen LogP contribution in [0.1, 0.15) is 6.42 Å². The maximum Gasteiger partial charge on any atom is 0.412 e. The second kappa shape index (κ2) is 4.79. The van der Waals surface area contributed by atoms with Crippen LogP contribution in [0.3, 0.4) is 0 Å². The lowest BCUT2D eigenvalue weighted by molar-refractivity contribution is -0.0929. The highest BCUT2D eigenvalue weighted by Gasteiger charge is 2.31. The number of halogens is 4. The van der Waals surface area contributed by atoms with Gasteiger partial charge in [0.25, 0.3) is 0 Å². The number of alkyl halides is 4. The third-order valence-electron chi connectivity index (χ3n) is 1.05. The molecule has 0 bridgehead atoms. The van der Waals surface area contributed by atoms with E-state index in [0.29, 0.717) is 4.43 Å². The summed E-state index contributed by atoms with van der Waals surface area (Å²) < 4.78 is 36.3. The molecule has 0 nitrogen and oxygen atoms in total. The van der Waals surface area contributed by atoms with Crippen LogP contribution >= 0.6 is 22.6 Å². The molecule has 0 N–H and O–H groups in total. The molecule has 4 heteroatoms. The Balaban J connectivity index is 4.34. The molecule has 0 aliphatic carbocycles. The van der Waals surface area contributed by atoms with E-state index in [0.717, 1.165) is 0 Å². The van der Waals surface area contributed by atoms with Crippen molar-refractivity contribution in [3.05, 3.63) is 24.3 Å². The average Bonchev–Trinajstić information content (AvgIpc) is 1.85. The fourth-order valence-corrected chi connectivity index (χ4v) is 1.10. The Bertz CT molecular complexity index is 158. The van der Waals surface area contributed by atoms with Gasteiger partial charge in [-0.2, -0.15) is 13.2 Å². The van der Waals surface area contributed by atoms with E-state index < -0.39 is 11.7 Å². The highest BCUT2D eigenvalue weighted by atomic mass is 127. The van der Waals surface area contributed by atoms with Gasteiger partial charge in [-0.3, -0.25) is 0 Å². The van der Waals surface area contributed by atoms with Gasteiger partial charge in [-0.1, -0.05) is 34.7 Å². The number of rotatable bonds is 3. The van der Waals surface area contributed by atoms with E-state index in [-0.39, 0.29) is 6.42 Å². The molecule has 64 valence electrons. The molecule has 0 aromatic rings. The molecule has 0 aromatic carbocycles. The van der Waals surface area contributed by atoms with Crippen LogP contribution in [0.2, 0.25) is 0 Å². The molecule has 0 atom stereocenters. The van der Waals surface area contributed by atoms with Crippen LogP contribution in [0.15, 0.2) is 24.3 Å². The molecule has 0 heterocycles. The molecule has 0 rings (SSSR count). The first-order chi connectivity index (χ1) is 5.02. The minimum atomic E-state index is -4.20. The van der Waals surface area contributed by atoms with Crippen LogP contribution in [-0.4, -0.2) is 10.6 Å². The van der Waals surface area contributed by atoms with Gasteiger partial charge >= 0.3 is 6.18 Å². The van der Waals surface area contributed by atoms with E-state index >= 15 is 0 Å². The number of allylic oxidation sites excluding steroid dienone is 3. The lowest BCUT2D eigenvalue weighted by Crippen LogP contribution is -2.11. The Morgan fingerprint density at radius 1 is 1.45 bits per heavy atom. The first kappa shape index (κ1) is 11.0. The van der Waals surface area contributed by atoms with Gasteiger partial charge in [0.15, 0.2) is 0 Å². The van der Waals surface area contributed by atoms with E-state index in [1.165, 1.54) is 12.2 Å². The summed E-state index contributed by atoms with van der Waals surface area (Å²) >= 11 is 1.87. The fraction of sp³-hybridized carbons (Fsp3) is 0.429. The molecule has 0 spiro atoms. The van der Waals surface area contributed by atoms with Crippen molar-refractivity contribution in [2.75, 3.05) is 4.43 Å². The third-order valence-corrected chi connectivity index (χ3v) is 1.49. The topological polar surface area (TPSA) is 0 Å². The van der Waals surface area contributed by atoms with Crippen molar-refractivity contribution in [1.29, 1.82) is 0 Å². The molecule has 11 heavy (non-hydrogen) atoms. The van der Waals surface area contributed by atoms with Gasteiger partial charge in [0, 0.05) is 10.0 Å². The average molecular weight is 276 g/mol. The molecule has 0 radical (unpaired) electrons. The quantitative estimate of drug-likeness (QED) is 0.420. The number of hydrogen-bond acceptors (Lipinski definition) is 0. The molecule has 0 aliphatic heterocycles. The summed E-state index contributed by atoms with van der Waals surface area (Å²) in [5.74, 6) is 0. The molecular weight excluding hydrogens is 268 g/mol. The Kier molecular flexibility index (Phi) is 4.79.